The van der Waals surface area contributed by atoms with Gasteiger partial charge >= 0.3 is 6.03 Å². The molecular weight excluding hydrogens is 230 g/mol. The molecule has 0 saturated carbocycles. The molecule has 0 atom stereocenters. The quantitative estimate of drug-likeness (QED) is 0.791. The lowest BCUT2D eigenvalue weighted by molar-refractivity contribution is -0.116. The van der Waals surface area contributed by atoms with Crippen LogP contribution >= 0.6 is 0 Å². The summed E-state index contributed by atoms with van der Waals surface area (Å²) in [4.78, 5) is 25.2. The minimum Gasteiger partial charge on any atom is -0.336 e. The van der Waals surface area contributed by atoms with Gasteiger partial charge in [0.2, 0.25) is 5.91 Å². The van der Waals surface area contributed by atoms with E-state index in [1.165, 1.54) is 4.90 Å². The van der Waals surface area contributed by atoms with Crippen LogP contribution in [0.15, 0.2) is 24.3 Å². The minimum atomic E-state index is -0.211. The van der Waals surface area contributed by atoms with Crippen molar-refractivity contribution in [3.05, 3.63) is 29.8 Å². The monoisotopic (exact) mass is 247 g/mol. The first-order valence-corrected chi connectivity index (χ1v) is 5.99. The van der Waals surface area contributed by atoms with Gasteiger partial charge in [0, 0.05) is 11.7 Å². The molecule has 2 rings (SSSR count). The van der Waals surface area contributed by atoms with Gasteiger partial charge in [-0.3, -0.25) is 4.79 Å². The molecule has 1 aliphatic rings. The van der Waals surface area contributed by atoms with Gasteiger partial charge < -0.3 is 15.5 Å². The molecule has 0 fully saturated rings. The number of urea groups is 1. The third kappa shape index (κ3) is 2.80. The Morgan fingerprint density at radius 1 is 1.33 bits per heavy atom. The maximum absolute atomic E-state index is 12.0. The van der Waals surface area contributed by atoms with Crippen LogP contribution in [0, 0.1) is 0 Å². The normalized spacial score (nSPS) is 14.8. The van der Waals surface area contributed by atoms with Crippen LogP contribution in [0.2, 0.25) is 0 Å². The van der Waals surface area contributed by atoms with Crippen LogP contribution in [0.3, 0.4) is 0 Å². The number of rotatable bonds is 1. The molecule has 0 spiro atoms. The summed E-state index contributed by atoms with van der Waals surface area (Å²) in [6, 6.07) is 7.36. The number of anilines is 1. The van der Waals surface area contributed by atoms with E-state index in [0.29, 0.717) is 6.54 Å². The molecule has 1 aromatic carbocycles. The summed E-state index contributed by atoms with van der Waals surface area (Å²) in [6.45, 7) is 4.30. The van der Waals surface area contributed by atoms with Gasteiger partial charge in [-0.1, -0.05) is 18.2 Å². The molecule has 0 bridgehead atoms. The molecule has 0 radical (unpaired) electrons. The van der Waals surface area contributed by atoms with Gasteiger partial charge in [-0.05, 0) is 25.5 Å². The van der Waals surface area contributed by atoms with Crippen molar-refractivity contribution in [1.29, 1.82) is 0 Å². The van der Waals surface area contributed by atoms with Crippen molar-refractivity contribution in [1.82, 2.24) is 10.2 Å². The molecule has 5 heteroatoms. The molecule has 3 amide bonds. The third-order valence-corrected chi connectivity index (χ3v) is 2.69. The lowest BCUT2D eigenvalue weighted by atomic mass is 10.2. The van der Waals surface area contributed by atoms with E-state index in [1.807, 2.05) is 38.1 Å². The molecule has 1 aliphatic heterocycles. The fraction of sp³-hybridized carbons (Fsp3) is 0.385. The number of hydrogen-bond acceptors (Lipinski definition) is 2. The molecule has 0 aliphatic carbocycles. The molecule has 96 valence electrons. The smallest absolute Gasteiger partial charge is 0.318 e. The van der Waals surface area contributed by atoms with Crippen molar-refractivity contribution in [3.63, 3.8) is 0 Å². The summed E-state index contributed by atoms with van der Waals surface area (Å²) in [5.41, 5.74) is 1.73. The van der Waals surface area contributed by atoms with Crippen LogP contribution < -0.4 is 10.6 Å². The summed E-state index contributed by atoms with van der Waals surface area (Å²) in [5, 5.41) is 5.60. The van der Waals surface area contributed by atoms with Crippen molar-refractivity contribution in [3.8, 4) is 0 Å². The maximum atomic E-state index is 12.0. The Labute approximate surface area is 106 Å². The number of para-hydroxylation sites is 1. The van der Waals surface area contributed by atoms with E-state index >= 15 is 0 Å². The molecule has 1 heterocycles. The number of hydrogen-bond donors (Lipinski definition) is 2. The topological polar surface area (TPSA) is 61.4 Å². The van der Waals surface area contributed by atoms with Crippen molar-refractivity contribution in [2.45, 2.75) is 26.4 Å². The number of nitrogens with one attached hydrogen (secondary N) is 2. The highest BCUT2D eigenvalue weighted by atomic mass is 16.2. The standard InChI is InChI=1S/C13H17N3O2/c1-9(2)14-13(18)16-7-10-5-3-4-6-11(10)15-12(17)8-16/h3-6,9H,7-8H2,1-2H3,(H,14,18)(H,15,17). The van der Waals surface area contributed by atoms with E-state index < -0.39 is 0 Å². The van der Waals surface area contributed by atoms with Gasteiger partial charge in [-0.2, -0.15) is 0 Å². The van der Waals surface area contributed by atoms with Gasteiger partial charge in [-0.25, -0.2) is 4.79 Å². The maximum Gasteiger partial charge on any atom is 0.318 e. The second-order valence-corrected chi connectivity index (χ2v) is 4.67. The Balaban J connectivity index is 2.20. The Hall–Kier alpha value is -2.04. The number of carbonyl (C=O) groups excluding carboxylic acids is 2. The first-order valence-electron chi connectivity index (χ1n) is 5.99. The second kappa shape index (κ2) is 5.08. The van der Waals surface area contributed by atoms with Gasteiger partial charge in [0.1, 0.15) is 6.54 Å². The zero-order valence-electron chi connectivity index (χ0n) is 10.6. The first-order chi connectivity index (χ1) is 8.56. The molecule has 2 N–H and O–H groups in total. The Morgan fingerprint density at radius 2 is 2.06 bits per heavy atom. The zero-order valence-corrected chi connectivity index (χ0v) is 10.6. The average Bonchev–Trinajstić information content (AvgIpc) is 2.45. The highest BCUT2D eigenvalue weighted by Gasteiger charge is 2.22. The first kappa shape index (κ1) is 12.4. The highest BCUT2D eigenvalue weighted by Crippen LogP contribution is 2.20. The lowest BCUT2D eigenvalue weighted by Crippen LogP contribution is -2.44. The Morgan fingerprint density at radius 3 is 2.78 bits per heavy atom. The predicted molar refractivity (Wildman–Crippen MR) is 69.1 cm³/mol. The zero-order chi connectivity index (χ0) is 13.1. The van der Waals surface area contributed by atoms with Crippen LogP contribution in [0.5, 0.6) is 0 Å². The van der Waals surface area contributed by atoms with Crippen LogP contribution in [0.4, 0.5) is 10.5 Å². The van der Waals surface area contributed by atoms with Gasteiger partial charge in [-0.15, -0.1) is 0 Å². The lowest BCUT2D eigenvalue weighted by Gasteiger charge is -2.21. The van der Waals surface area contributed by atoms with Crippen molar-refractivity contribution >= 4 is 17.6 Å². The van der Waals surface area contributed by atoms with Crippen LogP contribution in [0.25, 0.3) is 0 Å². The van der Waals surface area contributed by atoms with E-state index in [1.54, 1.807) is 0 Å². The summed E-state index contributed by atoms with van der Waals surface area (Å²) >= 11 is 0. The largest absolute Gasteiger partial charge is 0.336 e. The van der Waals surface area contributed by atoms with E-state index in [4.69, 9.17) is 0 Å². The van der Waals surface area contributed by atoms with E-state index in [0.717, 1.165) is 11.3 Å². The van der Waals surface area contributed by atoms with Gasteiger partial charge in [0.15, 0.2) is 0 Å². The SMILES string of the molecule is CC(C)NC(=O)N1CC(=O)Nc2ccccc2C1. The van der Waals surface area contributed by atoms with Gasteiger partial charge in [0.25, 0.3) is 0 Å². The van der Waals surface area contributed by atoms with Gasteiger partial charge in [0.05, 0.1) is 6.54 Å². The van der Waals surface area contributed by atoms with E-state index in [-0.39, 0.29) is 24.5 Å². The summed E-state index contributed by atoms with van der Waals surface area (Å²) < 4.78 is 0. The van der Waals surface area contributed by atoms with Crippen molar-refractivity contribution in [2.24, 2.45) is 0 Å². The molecule has 0 saturated heterocycles. The highest BCUT2D eigenvalue weighted by molar-refractivity contribution is 5.96. The fourth-order valence-electron chi connectivity index (χ4n) is 1.89. The van der Waals surface area contributed by atoms with Crippen molar-refractivity contribution in [2.75, 3.05) is 11.9 Å². The third-order valence-electron chi connectivity index (χ3n) is 2.69. The molecule has 5 nitrogen and oxygen atoms in total. The summed E-state index contributed by atoms with van der Waals surface area (Å²) in [6.07, 6.45) is 0. The fourth-order valence-corrected chi connectivity index (χ4v) is 1.89. The van der Waals surface area contributed by atoms with Crippen LogP contribution in [-0.2, 0) is 11.3 Å². The number of nitrogens with zero attached hydrogens (tertiary/aromatic N) is 1. The Kier molecular flexibility index (Phi) is 3.50. The molecular formula is C13H17N3O2. The number of carbonyl (C=O) groups is 2. The predicted octanol–water partition coefficient (Wildman–Crippen LogP) is 1.56. The number of amides is 3. The number of benzene rings is 1. The van der Waals surface area contributed by atoms with Crippen LogP contribution in [-0.4, -0.2) is 29.4 Å². The molecule has 18 heavy (non-hydrogen) atoms. The number of fused-ring (bicyclic) bond motifs is 1. The van der Waals surface area contributed by atoms with Crippen molar-refractivity contribution < 1.29 is 9.59 Å². The Bertz CT molecular complexity index is 471. The van der Waals surface area contributed by atoms with Crippen LogP contribution in [0.1, 0.15) is 19.4 Å². The molecule has 0 unspecified atom stereocenters. The molecule has 1 aromatic rings. The minimum absolute atomic E-state index is 0.0547. The summed E-state index contributed by atoms with van der Waals surface area (Å²) in [7, 11) is 0. The molecule has 0 aromatic heterocycles. The second-order valence-electron chi connectivity index (χ2n) is 4.67. The summed E-state index contributed by atoms with van der Waals surface area (Å²) in [5.74, 6) is -0.168. The van der Waals surface area contributed by atoms with E-state index in [9.17, 15) is 9.59 Å². The van der Waals surface area contributed by atoms with E-state index in [2.05, 4.69) is 10.6 Å². The average molecular weight is 247 g/mol.